The van der Waals surface area contributed by atoms with E-state index in [4.69, 9.17) is 5.73 Å². The number of phenols is 1. The van der Waals surface area contributed by atoms with Crippen LogP contribution >= 0.6 is 0 Å². The number of fused-ring (bicyclic) bond motifs is 1. The van der Waals surface area contributed by atoms with Crippen LogP contribution in [0, 0.1) is 0 Å². The second-order valence-corrected chi connectivity index (χ2v) is 5.93. The number of aromatic hydroxyl groups is 1. The Morgan fingerprint density at radius 2 is 1.95 bits per heavy atom. The van der Waals surface area contributed by atoms with Crippen molar-refractivity contribution in [1.29, 1.82) is 0 Å². The molecule has 21 heavy (non-hydrogen) atoms. The molecule has 1 aliphatic rings. The van der Waals surface area contributed by atoms with Crippen LogP contribution < -0.4 is 5.73 Å². The number of aryl methyl sites for hydroxylation is 1. The van der Waals surface area contributed by atoms with Crippen LogP contribution in [0.3, 0.4) is 0 Å². The summed E-state index contributed by atoms with van der Waals surface area (Å²) in [4.78, 5) is 13.9. The lowest BCUT2D eigenvalue weighted by molar-refractivity contribution is 0.0997. The van der Waals surface area contributed by atoms with Gasteiger partial charge in [-0.05, 0) is 68.5 Å². The number of hydrogen-bond donors (Lipinski definition) is 2. The second-order valence-electron chi connectivity index (χ2n) is 5.93. The summed E-state index contributed by atoms with van der Waals surface area (Å²) in [7, 11) is 0. The maximum Gasteiger partial charge on any atom is 0.252 e. The van der Waals surface area contributed by atoms with E-state index in [0.29, 0.717) is 6.04 Å². The average Bonchev–Trinajstić information content (AvgIpc) is 2.45. The lowest BCUT2D eigenvalue weighted by Gasteiger charge is -2.35. The Morgan fingerprint density at radius 3 is 2.52 bits per heavy atom. The first kappa shape index (κ1) is 15.8. The summed E-state index contributed by atoms with van der Waals surface area (Å²) < 4.78 is 0. The maximum absolute atomic E-state index is 11.4. The van der Waals surface area contributed by atoms with Gasteiger partial charge >= 0.3 is 0 Å². The van der Waals surface area contributed by atoms with E-state index in [9.17, 15) is 9.90 Å². The van der Waals surface area contributed by atoms with E-state index in [1.807, 2.05) is 0 Å². The number of primary amides is 1. The van der Waals surface area contributed by atoms with Crippen molar-refractivity contribution in [2.24, 2.45) is 5.73 Å². The lowest BCUT2D eigenvalue weighted by Crippen LogP contribution is -2.40. The highest BCUT2D eigenvalue weighted by atomic mass is 16.3. The highest BCUT2D eigenvalue weighted by Crippen LogP contribution is 2.30. The third kappa shape index (κ3) is 3.56. The summed E-state index contributed by atoms with van der Waals surface area (Å²) >= 11 is 0. The summed E-state index contributed by atoms with van der Waals surface area (Å²) in [5.74, 6) is -0.546. The van der Waals surface area contributed by atoms with Crippen LogP contribution in [0.4, 0.5) is 0 Å². The van der Waals surface area contributed by atoms with Gasteiger partial charge in [0.15, 0.2) is 0 Å². The van der Waals surface area contributed by atoms with Gasteiger partial charge in [0.2, 0.25) is 0 Å². The molecule has 2 rings (SSSR count). The molecule has 1 aliphatic carbocycles. The van der Waals surface area contributed by atoms with Crippen molar-refractivity contribution in [3.63, 3.8) is 0 Å². The molecule has 0 saturated heterocycles. The molecule has 0 radical (unpaired) electrons. The second kappa shape index (κ2) is 6.94. The van der Waals surface area contributed by atoms with E-state index >= 15 is 0 Å². The van der Waals surface area contributed by atoms with Crippen LogP contribution in [0.15, 0.2) is 12.1 Å². The van der Waals surface area contributed by atoms with Crippen LogP contribution in [-0.2, 0) is 12.8 Å². The van der Waals surface area contributed by atoms with Gasteiger partial charge in [0, 0.05) is 6.04 Å². The molecule has 116 valence electrons. The molecule has 3 N–H and O–H groups in total. The molecular weight excluding hydrogens is 264 g/mol. The Hall–Kier alpha value is -1.55. The fourth-order valence-corrected chi connectivity index (χ4v) is 3.34. The number of amides is 1. The van der Waals surface area contributed by atoms with E-state index in [-0.39, 0.29) is 11.3 Å². The quantitative estimate of drug-likeness (QED) is 0.846. The smallest absolute Gasteiger partial charge is 0.252 e. The zero-order chi connectivity index (χ0) is 15.4. The van der Waals surface area contributed by atoms with Gasteiger partial charge in [-0.3, -0.25) is 4.79 Å². The standard InChI is InChI=1S/C17H26N2O2/c1-3-7-19(8-4-2)14-6-5-12-11-16(20)15(17(18)21)10-13(12)9-14/h10-11,14,20H,3-9H2,1-2H3,(H2,18,21). The van der Waals surface area contributed by atoms with Gasteiger partial charge in [0.1, 0.15) is 5.75 Å². The molecule has 1 aromatic rings. The molecule has 0 saturated carbocycles. The summed E-state index contributed by atoms with van der Waals surface area (Å²) in [5.41, 5.74) is 7.89. The van der Waals surface area contributed by atoms with Crippen molar-refractivity contribution in [3.8, 4) is 5.75 Å². The first-order valence-electron chi connectivity index (χ1n) is 7.95. The Balaban J connectivity index is 2.22. The molecule has 1 amide bonds. The van der Waals surface area contributed by atoms with Crippen molar-refractivity contribution in [3.05, 3.63) is 28.8 Å². The van der Waals surface area contributed by atoms with Gasteiger partial charge in [-0.2, -0.15) is 0 Å². The van der Waals surface area contributed by atoms with Crippen LogP contribution in [-0.4, -0.2) is 35.0 Å². The summed E-state index contributed by atoms with van der Waals surface area (Å²) in [6.45, 7) is 6.66. The van der Waals surface area contributed by atoms with Gasteiger partial charge in [-0.1, -0.05) is 13.8 Å². The van der Waals surface area contributed by atoms with E-state index in [1.165, 1.54) is 0 Å². The van der Waals surface area contributed by atoms with Crippen LogP contribution in [0.2, 0.25) is 0 Å². The Labute approximate surface area is 126 Å². The highest BCUT2D eigenvalue weighted by molar-refractivity contribution is 5.95. The SMILES string of the molecule is CCCN(CCC)C1CCc2cc(O)c(C(N)=O)cc2C1. The number of carbonyl (C=O) groups excluding carboxylic acids is 1. The van der Waals surface area contributed by atoms with E-state index < -0.39 is 5.91 Å². The number of nitrogens with zero attached hydrogens (tertiary/aromatic N) is 1. The van der Waals surface area contributed by atoms with Crippen LogP contribution in [0.1, 0.15) is 54.6 Å². The van der Waals surface area contributed by atoms with Gasteiger partial charge in [-0.25, -0.2) is 0 Å². The summed E-state index contributed by atoms with van der Waals surface area (Å²) in [6, 6.07) is 4.04. The van der Waals surface area contributed by atoms with Gasteiger partial charge in [0.25, 0.3) is 5.91 Å². The predicted octanol–water partition coefficient (Wildman–Crippen LogP) is 2.47. The first-order chi connectivity index (χ1) is 10.1. The normalized spacial score (nSPS) is 17.8. The van der Waals surface area contributed by atoms with Crippen molar-refractivity contribution >= 4 is 5.91 Å². The number of benzene rings is 1. The predicted molar refractivity (Wildman–Crippen MR) is 84.6 cm³/mol. The minimum absolute atomic E-state index is 0.0127. The maximum atomic E-state index is 11.4. The van der Waals surface area contributed by atoms with Crippen LogP contribution in [0.5, 0.6) is 5.75 Å². The molecule has 0 fully saturated rings. The third-order valence-corrected chi connectivity index (χ3v) is 4.32. The third-order valence-electron chi connectivity index (χ3n) is 4.32. The molecule has 1 atom stereocenters. The average molecular weight is 290 g/mol. The molecule has 1 aromatic carbocycles. The number of nitrogens with two attached hydrogens (primary N) is 1. The summed E-state index contributed by atoms with van der Waals surface area (Å²) in [5, 5.41) is 9.87. The molecule has 0 aliphatic heterocycles. The lowest BCUT2D eigenvalue weighted by atomic mass is 9.86. The highest BCUT2D eigenvalue weighted by Gasteiger charge is 2.25. The Bertz CT molecular complexity index is 508. The van der Waals surface area contributed by atoms with Crippen molar-refractivity contribution in [2.45, 2.75) is 52.0 Å². The Morgan fingerprint density at radius 1 is 1.29 bits per heavy atom. The van der Waals surface area contributed by atoms with E-state index in [1.54, 1.807) is 12.1 Å². The zero-order valence-corrected chi connectivity index (χ0v) is 13.1. The van der Waals surface area contributed by atoms with Gasteiger partial charge in [0.05, 0.1) is 5.56 Å². The van der Waals surface area contributed by atoms with Crippen molar-refractivity contribution < 1.29 is 9.90 Å². The molecule has 0 bridgehead atoms. The molecule has 0 heterocycles. The van der Waals surface area contributed by atoms with E-state index in [0.717, 1.165) is 56.3 Å². The number of rotatable bonds is 6. The van der Waals surface area contributed by atoms with E-state index in [2.05, 4.69) is 18.7 Å². The number of hydrogen-bond acceptors (Lipinski definition) is 3. The minimum atomic E-state index is -0.559. The fourth-order valence-electron chi connectivity index (χ4n) is 3.34. The van der Waals surface area contributed by atoms with Crippen molar-refractivity contribution in [2.75, 3.05) is 13.1 Å². The minimum Gasteiger partial charge on any atom is -0.507 e. The van der Waals surface area contributed by atoms with Gasteiger partial charge < -0.3 is 15.7 Å². The monoisotopic (exact) mass is 290 g/mol. The van der Waals surface area contributed by atoms with Crippen molar-refractivity contribution in [1.82, 2.24) is 4.90 Å². The molecule has 0 spiro atoms. The molecule has 1 unspecified atom stereocenters. The van der Waals surface area contributed by atoms with Gasteiger partial charge in [-0.15, -0.1) is 0 Å². The molecule has 0 aromatic heterocycles. The fraction of sp³-hybridized carbons (Fsp3) is 0.588. The molecule has 4 nitrogen and oxygen atoms in total. The summed E-state index contributed by atoms with van der Waals surface area (Å²) in [6.07, 6.45) is 5.33. The Kier molecular flexibility index (Phi) is 5.23. The first-order valence-corrected chi connectivity index (χ1v) is 7.95. The molecular formula is C17H26N2O2. The number of carbonyl (C=O) groups is 1. The largest absolute Gasteiger partial charge is 0.507 e. The van der Waals surface area contributed by atoms with Crippen LogP contribution in [0.25, 0.3) is 0 Å². The molecule has 4 heteroatoms. The zero-order valence-electron chi connectivity index (χ0n) is 13.1. The topological polar surface area (TPSA) is 66.6 Å².